The Bertz CT molecular complexity index is 703. The third-order valence-corrected chi connectivity index (χ3v) is 5.73. The first-order valence-electron chi connectivity index (χ1n) is 8.64. The second-order valence-electron chi connectivity index (χ2n) is 7.23. The molecule has 23 heavy (non-hydrogen) atoms. The SMILES string of the molecule is C[C@H]1CC[C@@H]([C@H](O)C[C@@H]2c3c(F)cccc3-c3cncn32)CC1. The number of halogens is 1. The molecule has 2 aliphatic rings. The molecule has 0 saturated heterocycles. The van der Waals surface area contributed by atoms with Gasteiger partial charge in [0.1, 0.15) is 5.82 Å². The molecule has 4 rings (SSSR count). The van der Waals surface area contributed by atoms with Crippen LogP contribution in [0.15, 0.2) is 30.7 Å². The molecular weight excluding hydrogens is 291 g/mol. The van der Waals surface area contributed by atoms with Crippen LogP contribution in [0, 0.1) is 17.7 Å². The van der Waals surface area contributed by atoms with E-state index in [1.807, 2.05) is 10.6 Å². The fourth-order valence-corrected chi connectivity index (χ4v) is 4.32. The third-order valence-electron chi connectivity index (χ3n) is 5.73. The lowest BCUT2D eigenvalue weighted by Gasteiger charge is -2.31. The Kier molecular flexibility index (Phi) is 3.72. The molecule has 2 aromatic rings. The highest BCUT2D eigenvalue weighted by molar-refractivity contribution is 5.69. The first-order chi connectivity index (χ1) is 11.1. The van der Waals surface area contributed by atoms with Crippen LogP contribution < -0.4 is 0 Å². The molecule has 1 saturated carbocycles. The minimum absolute atomic E-state index is 0.141. The number of aromatic nitrogens is 2. The average molecular weight is 314 g/mol. The maximum atomic E-state index is 14.4. The second kappa shape index (κ2) is 5.75. The Hall–Kier alpha value is -1.68. The molecule has 0 bridgehead atoms. The summed E-state index contributed by atoms with van der Waals surface area (Å²) in [4.78, 5) is 4.21. The number of nitrogens with zero attached hydrogens (tertiary/aromatic N) is 2. The van der Waals surface area contributed by atoms with Crippen molar-refractivity contribution in [3.63, 3.8) is 0 Å². The molecule has 0 amide bonds. The molecule has 2 heterocycles. The number of imidazole rings is 1. The van der Waals surface area contributed by atoms with Gasteiger partial charge < -0.3 is 9.67 Å². The Labute approximate surface area is 136 Å². The summed E-state index contributed by atoms with van der Waals surface area (Å²) >= 11 is 0. The molecule has 3 nitrogen and oxygen atoms in total. The molecule has 1 aromatic heterocycles. The summed E-state index contributed by atoms with van der Waals surface area (Å²) in [5.74, 6) is 0.929. The van der Waals surface area contributed by atoms with Gasteiger partial charge in [-0.1, -0.05) is 31.9 Å². The predicted molar refractivity (Wildman–Crippen MR) is 87.5 cm³/mol. The highest BCUT2D eigenvalue weighted by Gasteiger charge is 2.35. The Morgan fingerprint density at radius 3 is 2.87 bits per heavy atom. The smallest absolute Gasteiger partial charge is 0.129 e. The molecule has 0 spiro atoms. The zero-order valence-electron chi connectivity index (χ0n) is 13.5. The van der Waals surface area contributed by atoms with Crippen LogP contribution >= 0.6 is 0 Å². The van der Waals surface area contributed by atoms with E-state index < -0.39 is 0 Å². The van der Waals surface area contributed by atoms with Crippen LogP contribution in [0.1, 0.15) is 50.6 Å². The van der Waals surface area contributed by atoms with Crippen molar-refractivity contribution in [1.82, 2.24) is 9.55 Å². The molecule has 1 aromatic carbocycles. The van der Waals surface area contributed by atoms with Crippen molar-refractivity contribution in [2.75, 3.05) is 0 Å². The quantitative estimate of drug-likeness (QED) is 0.923. The molecule has 1 N–H and O–H groups in total. The number of benzene rings is 1. The van der Waals surface area contributed by atoms with Crippen LogP contribution in [0.5, 0.6) is 0 Å². The lowest BCUT2D eigenvalue weighted by atomic mass is 9.78. The molecule has 1 aliphatic heterocycles. The van der Waals surface area contributed by atoms with Crippen molar-refractivity contribution >= 4 is 0 Å². The normalized spacial score (nSPS) is 27.5. The van der Waals surface area contributed by atoms with Gasteiger partial charge in [-0.05, 0) is 37.2 Å². The summed E-state index contributed by atoms with van der Waals surface area (Å²) in [6.45, 7) is 2.28. The maximum Gasteiger partial charge on any atom is 0.129 e. The van der Waals surface area contributed by atoms with Crippen LogP contribution in [0.3, 0.4) is 0 Å². The van der Waals surface area contributed by atoms with Crippen LogP contribution in [0.25, 0.3) is 11.3 Å². The van der Waals surface area contributed by atoms with E-state index in [4.69, 9.17) is 0 Å². The van der Waals surface area contributed by atoms with E-state index >= 15 is 0 Å². The van der Waals surface area contributed by atoms with Crippen LogP contribution in [0.2, 0.25) is 0 Å². The lowest BCUT2D eigenvalue weighted by Crippen LogP contribution is -2.28. The van der Waals surface area contributed by atoms with Crippen molar-refractivity contribution in [2.45, 2.75) is 51.2 Å². The molecule has 1 fully saturated rings. The molecule has 2 atom stereocenters. The number of aliphatic hydroxyl groups is 1. The Balaban J connectivity index is 1.60. The predicted octanol–water partition coefficient (Wildman–Crippen LogP) is 4.17. The van der Waals surface area contributed by atoms with Gasteiger partial charge in [-0.3, -0.25) is 0 Å². The van der Waals surface area contributed by atoms with Crippen molar-refractivity contribution in [1.29, 1.82) is 0 Å². The van der Waals surface area contributed by atoms with E-state index in [1.54, 1.807) is 18.6 Å². The van der Waals surface area contributed by atoms with Gasteiger partial charge in [-0.15, -0.1) is 0 Å². The molecule has 0 radical (unpaired) electrons. The number of fused-ring (bicyclic) bond motifs is 3. The fourth-order valence-electron chi connectivity index (χ4n) is 4.32. The first kappa shape index (κ1) is 14.9. The zero-order valence-corrected chi connectivity index (χ0v) is 13.5. The standard InChI is InChI=1S/C19H23FN2O/c1-12-5-7-13(8-6-12)18(23)9-16-19-14(3-2-4-15(19)20)17-10-21-11-22(16)17/h2-4,10-13,16,18,23H,5-9H2,1H3/t12-,13+,16-,18-/m1/s1. The van der Waals surface area contributed by atoms with Crippen molar-refractivity contribution in [2.24, 2.45) is 11.8 Å². The maximum absolute atomic E-state index is 14.4. The number of hydrogen-bond donors (Lipinski definition) is 1. The summed E-state index contributed by atoms with van der Waals surface area (Å²) < 4.78 is 16.4. The van der Waals surface area contributed by atoms with Crippen LogP contribution in [-0.4, -0.2) is 20.8 Å². The molecule has 4 heteroatoms. The summed E-state index contributed by atoms with van der Waals surface area (Å²) in [6.07, 6.45) is 8.26. The van der Waals surface area contributed by atoms with Crippen molar-refractivity contribution in [3.8, 4) is 11.3 Å². The van der Waals surface area contributed by atoms with Crippen molar-refractivity contribution < 1.29 is 9.50 Å². The van der Waals surface area contributed by atoms with Gasteiger partial charge in [-0.2, -0.15) is 0 Å². The summed E-state index contributed by atoms with van der Waals surface area (Å²) in [5, 5.41) is 10.7. The minimum Gasteiger partial charge on any atom is -0.393 e. The molecule has 1 aliphatic carbocycles. The lowest BCUT2D eigenvalue weighted by molar-refractivity contribution is 0.0605. The number of hydrogen-bond acceptors (Lipinski definition) is 2. The van der Waals surface area contributed by atoms with Gasteiger partial charge >= 0.3 is 0 Å². The summed E-state index contributed by atoms with van der Waals surface area (Å²) in [6, 6.07) is 5.06. The molecular formula is C19H23FN2O. The first-order valence-corrected chi connectivity index (χ1v) is 8.64. The largest absolute Gasteiger partial charge is 0.393 e. The van der Waals surface area contributed by atoms with E-state index in [-0.39, 0.29) is 18.0 Å². The van der Waals surface area contributed by atoms with Crippen LogP contribution in [-0.2, 0) is 0 Å². The summed E-state index contributed by atoms with van der Waals surface area (Å²) in [5.41, 5.74) is 2.58. The second-order valence-corrected chi connectivity index (χ2v) is 7.23. The Morgan fingerprint density at radius 2 is 2.09 bits per heavy atom. The van der Waals surface area contributed by atoms with Gasteiger partial charge in [0.15, 0.2) is 0 Å². The fraction of sp³-hybridized carbons (Fsp3) is 0.526. The van der Waals surface area contributed by atoms with Gasteiger partial charge in [0.05, 0.1) is 30.4 Å². The monoisotopic (exact) mass is 314 g/mol. The van der Waals surface area contributed by atoms with E-state index in [0.29, 0.717) is 17.9 Å². The highest BCUT2D eigenvalue weighted by atomic mass is 19.1. The Morgan fingerprint density at radius 1 is 1.30 bits per heavy atom. The van der Waals surface area contributed by atoms with Crippen LogP contribution in [0.4, 0.5) is 4.39 Å². The van der Waals surface area contributed by atoms with E-state index in [0.717, 1.165) is 30.0 Å². The number of aliphatic hydroxyl groups excluding tert-OH is 1. The highest BCUT2D eigenvalue weighted by Crippen LogP contribution is 2.44. The third kappa shape index (κ3) is 2.49. The van der Waals surface area contributed by atoms with Gasteiger partial charge in [0, 0.05) is 11.1 Å². The van der Waals surface area contributed by atoms with E-state index in [1.165, 1.54) is 18.9 Å². The van der Waals surface area contributed by atoms with Crippen molar-refractivity contribution in [3.05, 3.63) is 42.1 Å². The number of rotatable bonds is 3. The molecule has 0 unspecified atom stereocenters. The van der Waals surface area contributed by atoms with E-state index in [9.17, 15) is 9.50 Å². The zero-order chi connectivity index (χ0) is 16.0. The van der Waals surface area contributed by atoms with E-state index in [2.05, 4.69) is 11.9 Å². The van der Waals surface area contributed by atoms with Gasteiger partial charge in [-0.25, -0.2) is 9.37 Å². The van der Waals surface area contributed by atoms with Gasteiger partial charge in [0.2, 0.25) is 0 Å². The minimum atomic E-state index is -0.381. The summed E-state index contributed by atoms with van der Waals surface area (Å²) in [7, 11) is 0. The molecule has 122 valence electrons. The average Bonchev–Trinajstić information content (AvgIpc) is 3.12. The van der Waals surface area contributed by atoms with Gasteiger partial charge in [0.25, 0.3) is 0 Å². The topological polar surface area (TPSA) is 38.1 Å².